The summed E-state index contributed by atoms with van der Waals surface area (Å²) < 4.78 is 11.0. The molecular weight excluding hydrogens is 340 g/mol. The number of carbonyl (C=O) groups is 2. The van der Waals surface area contributed by atoms with Gasteiger partial charge in [0.05, 0.1) is 0 Å². The molecule has 1 heterocycles. The molecule has 0 N–H and O–H groups in total. The molecule has 4 heteroatoms. The van der Waals surface area contributed by atoms with Crippen molar-refractivity contribution in [1.29, 1.82) is 0 Å². The maximum atomic E-state index is 12.6. The van der Waals surface area contributed by atoms with Crippen LogP contribution < -0.4 is 0 Å². The second-order valence-corrected chi connectivity index (χ2v) is 7.79. The summed E-state index contributed by atoms with van der Waals surface area (Å²) in [6, 6.07) is 14.8. The number of rotatable bonds is 4. The fourth-order valence-electron chi connectivity index (χ4n) is 3.01. The van der Waals surface area contributed by atoms with Crippen molar-refractivity contribution in [3.63, 3.8) is 0 Å². The number of ether oxygens (including phenoxy) is 1. The van der Waals surface area contributed by atoms with Crippen LogP contribution in [0.3, 0.4) is 0 Å². The largest absolute Gasteiger partial charge is 0.449 e. The summed E-state index contributed by atoms with van der Waals surface area (Å²) in [5, 5.41) is 0.862. The minimum atomic E-state index is -0.898. The predicted octanol–water partition coefficient (Wildman–Crippen LogP) is 5.47. The molecule has 27 heavy (non-hydrogen) atoms. The van der Waals surface area contributed by atoms with Gasteiger partial charge in [0.2, 0.25) is 11.5 Å². The molecule has 0 aliphatic heterocycles. The third-order valence-electron chi connectivity index (χ3n) is 4.72. The van der Waals surface area contributed by atoms with Crippen LogP contribution in [-0.4, -0.2) is 17.9 Å². The molecule has 2 aromatic carbocycles. The Morgan fingerprint density at radius 1 is 1.00 bits per heavy atom. The van der Waals surface area contributed by atoms with E-state index in [1.807, 2.05) is 30.3 Å². The zero-order valence-corrected chi connectivity index (χ0v) is 16.3. The van der Waals surface area contributed by atoms with Crippen LogP contribution in [0.15, 0.2) is 52.9 Å². The summed E-state index contributed by atoms with van der Waals surface area (Å²) >= 11 is 0. The molecule has 0 spiro atoms. The number of hydrogen-bond donors (Lipinski definition) is 0. The second-order valence-electron chi connectivity index (χ2n) is 7.79. The highest BCUT2D eigenvalue weighted by molar-refractivity contribution is 6.02. The number of Topliss-reactive ketones (excluding diaryl/α,β-unsaturated/α-hetero) is 1. The van der Waals surface area contributed by atoms with Gasteiger partial charge in [-0.3, -0.25) is 4.79 Å². The molecule has 140 valence electrons. The minimum Gasteiger partial charge on any atom is -0.449 e. The van der Waals surface area contributed by atoms with Gasteiger partial charge in [-0.2, -0.15) is 0 Å². The van der Waals surface area contributed by atoms with Gasteiger partial charge in [-0.15, -0.1) is 0 Å². The molecule has 0 radical (unpaired) electrons. The normalized spacial score (nSPS) is 12.8. The molecule has 1 atom stereocenters. The van der Waals surface area contributed by atoms with E-state index in [2.05, 4.69) is 20.8 Å². The Labute approximate surface area is 159 Å². The molecule has 0 unspecified atom stereocenters. The van der Waals surface area contributed by atoms with Crippen LogP contribution >= 0.6 is 0 Å². The lowest BCUT2D eigenvalue weighted by atomic mass is 9.86. The van der Waals surface area contributed by atoms with Gasteiger partial charge in [0, 0.05) is 16.5 Å². The standard InChI is InChI=1S/C23H24O4/c1-14-18-8-6-7-9-19(18)27-21(14)22(25)26-15(2)20(24)16-10-12-17(13-11-16)23(3,4)5/h6-13,15H,1-5H3/t15-/m1/s1. The highest BCUT2D eigenvalue weighted by Crippen LogP contribution is 2.26. The molecule has 0 aliphatic carbocycles. The predicted molar refractivity (Wildman–Crippen MR) is 105 cm³/mol. The summed E-state index contributed by atoms with van der Waals surface area (Å²) in [6.45, 7) is 9.73. The fraction of sp³-hybridized carbons (Fsp3) is 0.304. The highest BCUT2D eigenvalue weighted by atomic mass is 16.6. The summed E-state index contributed by atoms with van der Waals surface area (Å²) in [6.07, 6.45) is -0.898. The van der Waals surface area contributed by atoms with E-state index in [4.69, 9.17) is 9.15 Å². The van der Waals surface area contributed by atoms with Crippen molar-refractivity contribution in [2.24, 2.45) is 0 Å². The summed E-state index contributed by atoms with van der Waals surface area (Å²) in [7, 11) is 0. The van der Waals surface area contributed by atoms with Crippen molar-refractivity contribution in [3.05, 3.63) is 71.0 Å². The summed E-state index contributed by atoms with van der Waals surface area (Å²) in [5.74, 6) is -0.729. The van der Waals surface area contributed by atoms with Crippen molar-refractivity contribution in [2.75, 3.05) is 0 Å². The average molecular weight is 364 g/mol. The lowest BCUT2D eigenvalue weighted by molar-refractivity contribution is 0.0290. The number of benzene rings is 2. The van der Waals surface area contributed by atoms with E-state index in [0.717, 1.165) is 10.9 Å². The van der Waals surface area contributed by atoms with E-state index in [1.54, 1.807) is 32.0 Å². The van der Waals surface area contributed by atoms with E-state index >= 15 is 0 Å². The Bertz CT molecular complexity index is 987. The van der Waals surface area contributed by atoms with Gasteiger partial charge in [0.25, 0.3) is 0 Å². The first kappa shape index (κ1) is 18.9. The second kappa shape index (κ2) is 7.03. The van der Waals surface area contributed by atoms with Gasteiger partial charge < -0.3 is 9.15 Å². The number of esters is 1. The maximum Gasteiger partial charge on any atom is 0.375 e. The maximum absolute atomic E-state index is 12.6. The van der Waals surface area contributed by atoms with E-state index in [0.29, 0.717) is 16.7 Å². The molecule has 3 aromatic rings. The Hall–Kier alpha value is -2.88. The lowest BCUT2D eigenvalue weighted by Crippen LogP contribution is -2.24. The molecule has 0 bridgehead atoms. The fourth-order valence-corrected chi connectivity index (χ4v) is 3.01. The summed E-state index contributed by atoms with van der Waals surface area (Å²) in [4.78, 5) is 25.1. The number of furan rings is 1. The molecule has 0 saturated carbocycles. The van der Waals surface area contributed by atoms with Gasteiger partial charge in [-0.25, -0.2) is 4.79 Å². The number of aryl methyl sites for hydroxylation is 1. The smallest absolute Gasteiger partial charge is 0.375 e. The number of hydrogen-bond acceptors (Lipinski definition) is 4. The first-order valence-electron chi connectivity index (χ1n) is 9.02. The van der Waals surface area contributed by atoms with Gasteiger partial charge in [0.15, 0.2) is 6.10 Å². The zero-order valence-electron chi connectivity index (χ0n) is 16.3. The number of ketones is 1. The van der Waals surface area contributed by atoms with Crippen molar-refractivity contribution < 1.29 is 18.7 Å². The van der Waals surface area contributed by atoms with Gasteiger partial charge >= 0.3 is 5.97 Å². The van der Waals surface area contributed by atoms with Crippen molar-refractivity contribution in [2.45, 2.75) is 46.1 Å². The molecule has 0 aliphatic rings. The van der Waals surface area contributed by atoms with Crippen LogP contribution in [-0.2, 0) is 10.2 Å². The van der Waals surface area contributed by atoms with Crippen molar-refractivity contribution in [1.82, 2.24) is 0 Å². The Morgan fingerprint density at radius 2 is 1.63 bits per heavy atom. The van der Waals surface area contributed by atoms with Crippen LogP contribution in [0.4, 0.5) is 0 Å². The zero-order chi connectivity index (χ0) is 19.8. The average Bonchev–Trinajstić information content (AvgIpc) is 2.97. The van der Waals surface area contributed by atoms with E-state index in [9.17, 15) is 9.59 Å². The topological polar surface area (TPSA) is 56.5 Å². The molecule has 4 nitrogen and oxygen atoms in total. The van der Waals surface area contributed by atoms with Crippen LogP contribution in [0.1, 0.15) is 59.7 Å². The molecule has 3 rings (SSSR count). The van der Waals surface area contributed by atoms with Crippen LogP contribution in [0.2, 0.25) is 0 Å². The van der Waals surface area contributed by atoms with Gasteiger partial charge in [-0.05, 0) is 30.9 Å². The van der Waals surface area contributed by atoms with Crippen LogP contribution in [0, 0.1) is 6.92 Å². The first-order valence-corrected chi connectivity index (χ1v) is 9.02. The van der Waals surface area contributed by atoms with E-state index < -0.39 is 12.1 Å². The summed E-state index contributed by atoms with van der Waals surface area (Å²) in [5.41, 5.74) is 3.01. The molecule has 0 fully saturated rings. The minimum absolute atomic E-state index is 0.0124. The SMILES string of the molecule is Cc1c(C(=O)O[C@H](C)C(=O)c2ccc(C(C)(C)C)cc2)oc2ccccc12. The van der Waals surface area contributed by atoms with Gasteiger partial charge in [-0.1, -0.05) is 63.2 Å². The quantitative estimate of drug-likeness (QED) is 0.455. The van der Waals surface area contributed by atoms with E-state index in [-0.39, 0.29) is 17.0 Å². The first-order chi connectivity index (χ1) is 12.7. The third kappa shape index (κ3) is 3.80. The van der Waals surface area contributed by atoms with Crippen LogP contribution in [0.25, 0.3) is 11.0 Å². The molecule has 1 aromatic heterocycles. The van der Waals surface area contributed by atoms with Gasteiger partial charge in [0.1, 0.15) is 5.58 Å². The van der Waals surface area contributed by atoms with Crippen molar-refractivity contribution in [3.8, 4) is 0 Å². The number of para-hydroxylation sites is 1. The third-order valence-corrected chi connectivity index (χ3v) is 4.72. The van der Waals surface area contributed by atoms with E-state index in [1.165, 1.54) is 0 Å². The molecule has 0 saturated heterocycles. The number of fused-ring (bicyclic) bond motifs is 1. The number of carbonyl (C=O) groups excluding carboxylic acids is 2. The Morgan fingerprint density at radius 3 is 2.22 bits per heavy atom. The van der Waals surface area contributed by atoms with Crippen LogP contribution in [0.5, 0.6) is 0 Å². The monoisotopic (exact) mass is 364 g/mol. The Balaban J connectivity index is 1.75. The molecule has 0 amide bonds. The van der Waals surface area contributed by atoms with Crippen molar-refractivity contribution >= 4 is 22.7 Å². The highest BCUT2D eigenvalue weighted by Gasteiger charge is 2.25. The lowest BCUT2D eigenvalue weighted by Gasteiger charge is -2.19. The molecular formula is C23H24O4. The Kier molecular flexibility index (Phi) is 4.92.